The highest BCUT2D eigenvalue weighted by molar-refractivity contribution is 6.22. The maximum atomic E-state index is 6.58. The fraction of sp³-hybridized carbons (Fsp3) is 0.0400. The van der Waals surface area contributed by atoms with Gasteiger partial charge in [-0.05, 0) is 110 Å². The van der Waals surface area contributed by atoms with E-state index in [4.69, 9.17) is 4.42 Å². The van der Waals surface area contributed by atoms with Crippen LogP contribution in [0.25, 0.3) is 100 Å². The van der Waals surface area contributed by atoms with Crippen molar-refractivity contribution in [2.75, 3.05) is 0 Å². The lowest BCUT2D eigenvalue weighted by molar-refractivity contribution is 0.670. The molecule has 9 rings (SSSR count). The summed E-state index contributed by atoms with van der Waals surface area (Å²) in [5.41, 5.74) is 15.7. The largest absolute Gasteiger partial charge is 0.455 e. The van der Waals surface area contributed by atoms with Crippen LogP contribution in [-0.2, 0) is 0 Å². The van der Waals surface area contributed by atoms with Gasteiger partial charge in [-0.3, -0.25) is 0 Å². The van der Waals surface area contributed by atoms with Crippen LogP contribution in [-0.4, -0.2) is 0 Å². The van der Waals surface area contributed by atoms with Crippen molar-refractivity contribution in [2.24, 2.45) is 0 Å². The lowest BCUT2D eigenvalue weighted by Gasteiger charge is -2.19. The summed E-state index contributed by atoms with van der Waals surface area (Å²) in [5.74, 6) is 0. The van der Waals surface area contributed by atoms with E-state index < -0.39 is 0 Å². The van der Waals surface area contributed by atoms with Gasteiger partial charge in [0.1, 0.15) is 11.2 Å². The van der Waals surface area contributed by atoms with E-state index in [-0.39, 0.29) is 0 Å². The molecule has 0 fully saturated rings. The van der Waals surface area contributed by atoms with Crippen molar-refractivity contribution in [1.29, 1.82) is 0 Å². The molecule has 0 spiro atoms. The molecule has 0 aliphatic heterocycles. The molecule has 51 heavy (non-hydrogen) atoms. The fourth-order valence-corrected chi connectivity index (χ4v) is 7.84. The number of hydrogen-bond acceptors (Lipinski definition) is 1. The standard InChI is InChI=1S/C50H36O/c1-5-33-29-44(50-49(39(33)6-2)43-16-9-10-17-46(43)51-50)38-13-11-12-36(28-38)37-26-27-42-45(30-37)48(35-24-20-32(4)21-25-35)41-15-8-7-14-40(41)47(42)34-22-18-31(3)19-23-34/h5-30H,1-2H2,3-4H3. The first-order chi connectivity index (χ1) is 25.0. The second-order valence-corrected chi connectivity index (χ2v) is 13.5. The second kappa shape index (κ2) is 12.2. The topological polar surface area (TPSA) is 13.1 Å². The minimum Gasteiger partial charge on any atom is -0.455 e. The molecular weight excluding hydrogens is 617 g/mol. The fourth-order valence-electron chi connectivity index (χ4n) is 7.84. The number of benzene rings is 8. The predicted octanol–water partition coefficient (Wildman–Crippen LogP) is 14.5. The summed E-state index contributed by atoms with van der Waals surface area (Å²) in [4.78, 5) is 0. The third-order valence-electron chi connectivity index (χ3n) is 10.4. The molecule has 1 nitrogen and oxygen atoms in total. The molecule has 0 aliphatic carbocycles. The van der Waals surface area contributed by atoms with Gasteiger partial charge in [-0.2, -0.15) is 0 Å². The van der Waals surface area contributed by atoms with E-state index in [0.29, 0.717) is 0 Å². The summed E-state index contributed by atoms with van der Waals surface area (Å²) in [6.45, 7) is 12.6. The van der Waals surface area contributed by atoms with Crippen molar-refractivity contribution in [3.63, 3.8) is 0 Å². The molecule has 0 bridgehead atoms. The zero-order valence-corrected chi connectivity index (χ0v) is 28.8. The van der Waals surface area contributed by atoms with Crippen LogP contribution in [0.5, 0.6) is 0 Å². The van der Waals surface area contributed by atoms with Crippen molar-refractivity contribution in [3.8, 4) is 44.5 Å². The highest BCUT2D eigenvalue weighted by Gasteiger charge is 2.20. The van der Waals surface area contributed by atoms with Gasteiger partial charge in [-0.1, -0.05) is 158 Å². The monoisotopic (exact) mass is 652 g/mol. The Morgan fingerprint density at radius 2 is 1.00 bits per heavy atom. The van der Waals surface area contributed by atoms with Gasteiger partial charge in [-0.15, -0.1) is 0 Å². The van der Waals surface area contributed by atoms with Crippen LogP contribution in [0.1, 0.15) is 22.3 Å². The highest BCUT2D eigenvalue weighted by Crippen LogP contribution is 2.46. The molecule has 9 aromatic rings. The summed E-state index contributed by atoms with van der Waals surface area (Å²) in [7, 11) is 0. The van der Waals surface area contributed by atoms with E-state index in [2.05, 4.69) is 160 Å². The first kappa shape index (κ1) is 30.6. The molecule has 0 unspecified atom stereocenters. The molecule has 0 radical (unpaired) electrons. The zero-order chi connectivity index (χ0) is 34.6. The molecule has 8 aromatic carbocycles. The Balaban J connectivity index is 1.30. The van der Waals surface area contributed by atoms with Gasteiger partial charge in [0.05, 0.1) is 0 Å². The predicted molar refractivity (Wildman–Crippen MR) is 220 cm³/mol. The second-order valence-electron chi connectivity index (χ2n) is 13.5. The van der Waals surface area contributed by atoms with Gasteiger partial charge in [0.2, 0.25) is 0 Å². The molecule has 0 saturated heterocycles. The summed E-state index contributed by atoms with van der Waals surface area (Å²) < 4.78 is 6.58. The average Bonchev–Trinajstić information content (AvgIpc) is 3.56. The Morgan fingerprint density at radius 1 is 0.451 bits per heavy atom. The summed E-state index contributed by atoms with van der Waals surface area (Å²) in [5, 5.41) is 7.14. The number of aryl methyl sites for hydroxylation is 2. The van der Waals surface area contributed by atoms with Gasteiger partial charge in [0.15, 0.2) is 0 Å². The smallest absolute Gasteiger partial charge is 0.143 e. The van der Waals surface area contributed by atoms with Gasteiger partial charge in [-0.25, -0.2) is 0 Å². The highest BCUT2D eigenvalue weighted by atomic mass is 16.3. The number of furan rings is 1. The molecular formula is C50H36O. The molecule has 1 heterocycles. The molecule has 1 aromatic heterocycles. The number of rotatable bonds is 6. The first-order valence-electron chi connectivity index (χ1n) is 17.5. The molecule has 0 amide bonds. The van der Waals surface area contributed by atoms with E-state index in [1.165, 1.54) is 54.9 Å². The molecule has 242 valence electrons. The van der Waals surface area contributed by atoms with E-state index >= 15 is 0 Å². The van der Waals surface area contributed by atoms with Crippen LogP contribution >= 0.6 is 0 Å². The lowest BCUT2D eigenvalue weighted by atomic mass is 9.84. The molecule has 0 saturated carbocycles. The average molecular weight is 653 g/mol. The normalized spacial score (nSPS) is 11.5. The third kappa shape index (κ3) is 5.01. The first-order valence-corrected chi connectivity index (χ1v) is 17.5. The van der Waals surface area contributed by atoms with Crippen molar-refractivity contribution >= 4 is 55.6 Å². The van der Waals surface area contributed by atoms with Crippen LogP contribution in [0.4, 0.5) is 0 Å². The maximum Gasteiger partial charge on any atom is 0.143 e. The van der Waals surface area contributed by atoms with Gasteiger partial charge < -0.3 is 4.42 Å². The quantitative estimate of drug-likeness (QED) is 0.163. The minimum absolute atomic E-state index is 0.864. The maximum absolute atomic E-state index is 6.58. The van der Waals surface area contributed by atoms with E-state index in [0.717, 1.165) is 55.3 Å². The van der Waals surface area contributed by atoms with Crippen LogP contribution in [0.3, 0.4) is 0 Å². The van der Waals surface area contributed by atoms with Crippen molar-refractivity contribution in [1.82, 2.24) is 0 Å². The van der Waals surface area contributed by atoms with Crippen LogP contribution in [0, 0.1) is 13.8 Å². The van der Waals surface area contributed by atoms with Gasteiger partial charge in [0.25, 0.3) is 0 Å². The lowest BCUT2D eigenvalue weighted by Crippen LogP contribution is -1.92. The molecule has 0 atom stereocenters. The molecule has 0 N–H and O–H groups in total. The Bertz CT molecular complexity index is 2830. The van der Waals surface area contributed by atoms with Crippen molar-refractivity contribution in [2.45, 2.75) is 13.8 Å². The van der Waals surface area contributed by atoms with Gasteiger partial charge in [0, 0.05) is 16.3 Å². The van der Waals surface area contributed by atoms with Crippen LogP contribution in [0.15, 0.2) is 163 Å². The third-order valence-corrected chi connectivity index (χ3v) is 10.4. The van der Waals surface area contributed by atoms with Crippen molar-refractivity contribution in [3.05, 3.63) is 181 Å². The Morgan fingerprint density at radius 3 is 1.65 bits per heavy atom. The van der Waals surface area contributed by atoms with Crippen LogP contribution < -0.4 is 0 Å². The van der Waals surface area contributed by atoms with Gasteiger partial charge >= 0.3 is 0 Å². The van der Waals surface area contributed by atoms with E-state index in [1.807, 2.05) is 24.3 Å². The Hall–Kier alpha value is -6.44. The number of fused-ring (bicyclic) bond motifs is 5. The molecule has 1 heteroatoms. The van der Waals surface area contributed by atoms with Crippen LogP contribution in [0.2, 0.25) is 0 Å². The Kier molecular flexibility index (Phi) is 7.30. The SMILES string of the molecule is C=Cc1cc(-c2cccc(-c3ccc4c(-c5ccc(C)cc5)c5ccccc5c(-c5ccc(C)cc5)c4c3)c2)c2oc3ccccc3c2c1C=C. The zero-order valence-electron chi connectivity index (χ0n) is 28.8. The van der Waals surface area contributed by atoms with E-state index in [1.54, 1.807) is 0 Å². The minimum atomic E-state index is 0.864. The van der Waals surface area contributed by atoms with Crippen molar-refractivity contribution < 1.29 is 4.42 Å². The summed E-state index contributed by atoms with van der Waals surface area (Å²) in [6.07, 6.45) is 3.83. The summed E-state index contributed by atoms with van der Waals surface area (Å²) >= 11 is 0. The van der Waals surface area contributed by atoms with E-state index in [9.17, 15) is 0 Å². The number of para-hydroxylation sites is 1. The summed E-state index contributed by atoms with van der Waals surface area (Å²) in [6, 6.07) is 53.0. The Labute approximate surface area is 298 Å². The molecule has 0 aliphatic rings. The number of hydrogen-bond donors (Lipinski definition) is 0.